The Bertz CT molecular complexity index is 1620. The number of nitrogens with zero attached hydrogens (tertiary/aromatic N) is 4. The first-order valence-electron chi connectivity index (χ1n) is 10.1. The molecule has 3 heterocycles. The zero-order chi connectivity index (χ0) is 23.2. The van der Waals surface area contributed by atoms with E-state index in [0.29, 0.717) is 33.8 Å². The number of anilines is 1. The van der Waals surface area contributed by atoms with E-state index < -0.39 is 15.7 Å². The molecule has 0 saturated heterocycles. The average Bonchev–Trinajstić information content (AvgIpc) is 3.27. The molecule has 0 saturated carbocycles. The molecule has 8 nitrogen and oxygen atoms in total. The van der Waals surface area contributed by atoms with Crippen molar-refractivity contribution in [3.8, 4) is 11.3 Å². The third kappa shape index (κ3) is 3.89. The lowest BCUT2D eigenvalue weighted by atomic mass is 9.98. The molecule has 1 unspecified atom stereocenters. The van der Waals surface area contributed by atoms with Crippen molar-refractivity contribution >= 4 is 37.7 Å². The second kappa shape index (κ2) is 7.89. The largest absolute Gasteiger partial charge is 0.362 e. The number of sulfone groups is 1. The second-order valence-corrected chi connectivity index (χ2v) is 9.70. The minimum absolute atomic E-state index is 0.151. The number of aromatic amines is 1. The van der Waals surface area contributed by atoms with Gasteiger partial charge in [-0.1, -0.05) is 18.2 Å². The van der Waals surface area contributed by atoms with Gasteiger partial charge in [0.1, 0.15) is 17.7 Å². The molecule has 2 aromatic carbocycles. The summed E-state index contributed by atoms with van der Waals surface area (Å²) in [4.78, 5) is 20.5. The SMILES string of the molecule is CC(Nc1ncnc2[nH]cnc12)c1cc2ccc(F)cc2nc1-c1ccccc1S(C)(=O)=O. The van der Waals surface area contributed by atoms with Crippen molar-refractivity contribution in [2.45, 2.75) is 17.9 Å². The van der Waals surface area contributed by atoms with Gasteiger partial charge in [0.2, 0.25) is 0 Å². The maximum Gasteiger partial charge on any atom is 0.176 e. The molecule has 0 aliphatic rings. The van der Waals surface area contributed by atoms with Gasteiger partial charge in [-0.3, -0.25) is 0 Å². The quantitative estimate of drug-likeness (QED) is 0.401. The number of hydrogen-bond donors (Lipinski definition) is 2. The number of fused-ring (bicyclic) bond motifs is 2. The van der Waals surface area contributed by atoms with Crippen LogP contribution in [-0.2, 0) is 9.84 Å². The minimum Gasteiger partial charge on any atom is -0.362 e. The molecular weight excluding hydrogens is 443 g/mol. The summed E-state index contributed by atoms with van der Waals surface area (Å²) in [5, 5.41) is 4.06. The fourth-order valence-corrected chi connectivity index (χ4v) is 4.73. The Morgan fingerprint density at radius 3 is 2.70 bits per heavy atom. The molecular formula is C23H19FN6O2S. The predicted molar refractivity (Wildman–Crippen MR) is 124 cm³/mol. The standard InChI is InChI=1S/C23H19FN6O2S/c1-13(29-23-21-22(26-11-25-21)27-12-28-23)17-9-14-7-8-15(24)10-18(14)30-20(17)16-5-3-4-6-19(16)33(2,31)32/h3-13H,1-2H3,(H2,25,26,27,28,29). The molecule has 0 amide bonds. The van der Waals surface area contributed by atoms with Crippen LogP contribution in [0, 0.1) is 5.82 Å². The molecule has 33 heavy (non-hydrogen) atoms. The summed E-state index contributed by atoms with van der Waals surface area (Å²) < 4.78 is 38.9. The van der Waals surface area contributed by atoms with E-state index in [0.717, 1.165) is 17.2 Å². The van der Waals surface area contributed by atoms with Crippen molar-refractivity contribution in [3.05, 3.63) is 72.6 Å². The highest BCUT2D eigenvalue weighted by Crippen LogP contribution is 2.35. The molecule has 2 N–H and O–H groups in total. The first kappa shape index (κ1) is 21.0. The smallest absolute Gasteiger partial charge is 0.176 e. The van der Waals surface area contributed by atoms with Gasteiger partial charge in [-0.2, -0.15) is 0 Å². The van der Waals surface area contributed by atoms with Crippen LogP contribution in [0.5, 0.6) is 0 Å². The highest BCUT2D eigenvalue weighted by atomic mass is 32.2. The number of halogens is 1. The minimum atomic E-state index is -3.53. The molecule has 10 heteroatoms. The van der Waals surface area contributed by atoms with E-state index in [2.05, 4.69) is 25.3 Å². The number of H-pyrrole nitrogens is 1. The maximum atomic E-state index is 13.9. The van der Waals surface area contributed by atoms with Gasteiger partial charge >= 0.3 is 0 Å². The number of nitrogens with one attached hydrogen (secondary N) is 2. The summed E-state index contributed by atoms with van der Waals surface area (Å²) in [6.45, 7) is 1.92. The summed E-state index contributed by atoms with van der Waals surface area (Å²) in [5.74, 6) is 0.105. The third-order valence-corrected chi connectivity index (χ3v) is 6.54. The number of rotatable bonds is 5. The first-order valence-corrected chi connectivity index (χ1v) is 12.0. The highest BCUT2D eigenvalue weighted by Gasteiger charge is 2.22. The van der Waals surface area contributed by atoms with E-state index in [9.17, 15) is 12.8 Å². The molecule has 0 spiro atoms. The van der Waals surface area contributed by atoms with Crippen LogP contribution in [0.15, 0.2) is 66.1 Å². The molecule has 1 atom stereocenters. The number of hydrogen-bond acceptors (Lipinski definition) is 7. The van der Waals surface area contributed by atoms with E-state index >= 15 is 0 Å². The first-order chi connectivity index (χ1) is 15.8. The van der Waals surface area contributed by atoms with Crippen molar-refractivity contribution in [2.24, 2.45) is 0 Å². The Hall–Kier alpha value is -3.92. The molecule has 5 rings (SSSR count). The van der Waals surface area contributed by atoms with E-state index in [1.807, 2.05) is 13.0 Å². The lowest BCUT2D eigenvalue weighted by molar-refractivity contribution is 0.602. The normalized spacial score (nSPS) is 12.8. The van der Waals surface area contributed by atoms with Gasteiger partial charge < -0.3 is 10.3 Å². The molecule has 0 bridgehead atoms. The summed E-state index contributed by atoms with van der Waals surface area (Å²) in [7, 11) is -3.53. The molecule has 5 aromatic rings. The van der Waals surface area contributed by atoms with Crippen LogP contribution in [0.4, 0.5) is 10.2 Å². The maximum absolute atomic E-state index is 13.9. The molecule has 166 valence electrons. The molecule has 0 aliphatic carbocycles. The number of benzene rings is 2. The van der Waals surface area contributed by atoms with Gasteiger partial charge in [0, 0.05) is 28.8 Å². The molecule has 0 fully saturated rings. The Labute approximate surface area is 188 Å². The number of imidazole rings is 1. The Morgan fingerprint density at radius 1 is 1.06 bits per heavy atom. The zero-order valence-electron chi connectivity index (χ0n) is 17.7. The lowest BCUT2D eigenvalue weighted by Crippen LogP contribution is -2.12. The molecule has 3 aromatic heterocycles. The van der Waals surface area contributed by atoms with Gasteiger partial charge in [0.15, 0.2) is 21.3 Å². The average molecular weight is 463 g/mol. The van der Waals surface area contributed by atoms with Crippen LogP contribution in [-0.4, -0.2) is 39.6 Å². The molecule has 0 aliphatic heterocycles. The van der Waals surface area contributed by atoms with Gasteiger partial charge in [-0.15, -0.1) is 0 Å². The Kier molecular flexibility index (Phi) is 5.01. The van der Waals surface area contributed by atoms with E-state index in [1.165, 1.54) is 24.8 Å². The van der Waals surface area contributed by atoms with Gasteiger partial charge in [-0.05, 0) is 31.2 Å². The van der Waals surface area contributed by atoms with Gasteiger partial charge in [0.25, 0.3) is 0 Å². The topological polar surface area (TPSA) is 114 Å². The van der Waals surface area contributed by atoms with Crippen LogP contribution < -0.4 is 5.32 Å². The highest BCUT2D eigenvalue weighted by molar-refractivity contribution is 7.90. The van der Waals surface area contributed by atoms with E-state index in [-0.39, 0.29) is 10.9 Å². The van der Waals surface area contributed by atoms with Crippen LogP contribution in [0.1, 0.15) is 18.5 Å². The second-order valence-electron chi connectivity index (χ2n) is 7.72. The Morgan fingerprint density at radius 2 is 1.88 bits per heavy atom. The van der Waals surface area contributed by atoms with Crippen molar-refractivity contribution in [3.63, 3.8) is 0 Å². The fraction of sp³-hybridized carbons (Fsp3) is 0.130. The van der Waals surface area contributed by atoms with Gasteiger partial charge in [-0.25, -0.2) is 32.7 Å². The summed E-state index contributed by atoms with van der Waals surface area (Å²) in [5.41, 5.74) is 3.23. The van der Waals surface area contributed by atoms with E-state index in [4.69, 9.17) is 4.98 Å². The Balaban J connectivity index is 1.71. The van der Waals surface area contributed by atoms with Gasteiger partial charge in [0.05, 0.1) is 28.5 Å². The van der Waals surface area contributed by atoms with Crippen molar-refractivity contribution < 1.29 is 12.8 Å². The number of aromatic nitrogens is 5. The van der Waals surface area contributed by atoms with Crippen LogP contribution in [0.2, 0.25) is 0 Å². The third-order valence-electron chi connectivity index (χ3n) is 5.39. The van der Waals surface area contributed by atoms with Crippen molar-refractivity contribution in [1.29, 1.82) is 0 Å². The lowest BCUT2D eigenvalue weighted by Gasteiger charge is -2.20. The summed E-state index contributed by atoms with van der Waals surface area (Å²) in [6.07, 6.45) is 4.12. The van der Waals surface area contributed by atoms with Crippen molar-refractivity contribution in [1.82, 2.24) is 24.9 Å². The van der Waals surface area contributed by atoms with Crippen molar-refractivity contribution in [2.75, 3.05) is 11.6 Å². The zero-order valence-corrected chi connectivity index (χ0v) is 18.6. The predicted octanol–water partition coefficient (Wildman–Crippen LogP) is 4.28. The van der Waals surface area contributed by atoms with E-state index in [1.54, 1.807) is 30.3 Å². The van der Waals surface area contributed by atoms with Crippen LogP contribution >= 0.6 is 0 Å². The monoisotopic (exact) mass is 462 g/mol. The summed E-state index contributed by atoms with van der Waals surface area (Å²) in [6, 6.07) is 12.6. The van der Waals surface area contributed by atoms with Crippen LogP contribution in [0.3, 0.4) is 0 Å². The summed E-state index contributed by atoms with van der Waals surface area (Å²) >= 11 is 0. The van der Waals surface area contributed by atoms with Crippen LogP contribution in [0.25, 0.3) is 33.3 Å². The number of pyridine rings is 1. The fourth-order valence-electron chi connectivity index (χ4n) is 3.84. The molecule has 0 radical (unpaired) electrons.